The summed E-state index contributed by atoms with van der Waals surface area (Å²) in [5.41, 5.74) is 4.03. The summed E-state index contributed by atoms with van der Waals surface area (Å²) in [7, 11) is 0. The van der Waals surface area contributed by atoms with Crippen LogP contribution in [0.3, 0.4) is 0 Å². The van der Waals surface area contributed by atoms with Gasteiger partial charge in [-0.3, -0.25) is 14.5 Å². The zero-order chi connectivity index (χ0) is 25.3. The Balaban J connectivity index is 2.03. The van der Waals surface area contributed by atoms with Crippen LogP contribution in [0.25, 0.3) is 5.69 Å². The molecule has 0 radical (unpaired) electrons. The van der Waals surface area contributed by atoms with Crippen molar-refractivity contribution >= 4 is 29.5 Å². The van der Waals surface area contributed by atoms with Gasteiger partial charge in [-0.1, -0.05) is 45.0 Å². The summed E-state index contributed by atoms with van der Waals surface area (Å²) < 4.78 is 20.7. The molecule has 184 valence electrons. The molecule has 1 aliphatic heterocycles. The number of esters is 1. The number of halogens is 1. The average Bonchev–Trinajstić information content (AvgIpc) is 3.13. The van der Waals surface area contributed by atoms with Gasteiger partial charge in [0.15, 0.2) is 0 Å². The summed E-state index contributed by atoms with van der Waals surface area (Å²) in [5.74, 6) is -0.292. The fourth-order valence-corrected chi connectivity index (χ4v) is 5.45. The van der Waals surface area contributed by atoms with Crippen molar-refractivity contribution in [1.29, 1.82) is 0 Å². The minimum atomic E-state index is -0.480. The number of thioether (sulfide) groups is 1. The Labute approximate surface area is 209 Å². The molecule has 3 aromatic rings. The van der Waals surface area contributed by atoms with E-state index in [1.54, 1.807) is 23.7 Å². The van der Waals surface area contributed by atoms with Gasteiger partial charge in [0.25, 0.3) is 0 Å². The maximum atomic E-state index is 13.8. The van der Waals surface area contributed by atoms with Gasteiger partial charge in [-0.2, -0.15) is 5.10 Å². The number of hydrogen-bond donors (Lipinski definition) is 0. The van der Waals surface area contributed by atoms with Crippen LogP contribution in [-0.2, 0) is 19.7 Å². The highest BCUT2D eigenvalue weighted by Crippen LogP contribution is 2.48. The van der Waals surface area contributed by atoms with E-state index in [0.29, 0.717) is 5.82 Å². The molecule has 1 aliphatic rings. The number of fused-ring (bicyclic) bond motifs is 1. The first-order valence-electron chi connectivity index (χ1n) is 11.6. The maximum Gasteiger partial charge on any atom is 0.326 e. The lowest BCUT2D eigenvalue weighted by molar-refractivity contribution is -0.142. The third-order valence-electron chi connectivity index (χ3n) is 5.81. The maximum absolute atomic E-state index is 13.8. The molecule has 2 aromatic carbocycles. The molecule has 4 rings (SSSR count). The molecule has 0 saturated carbocycles. The van der Waals surface area contributed by atoms with Crippen molar-refractivity contribution < 1.29 is 18.7 Å². The fraction of sp³-hybridized carbons (Fsp3) is 0.370. The standard InChI is InChI=1S/C27H30FN3O3S/c1-6-34-22(33)15-30-21(32)16-35-24(18-10-12-19(28)13-11-18)23-25(27(3,4)5)29-31(26(23)30)20-9-7-8-17(2)14-20/h7-14,24H,6,15-16H2,1-5H3. The van der Waals surface area contributed by atoms with Gasteiger partial charge < -0.3 is 4.74 Å². The Morgan fingerprint density at radius 1 is 1.20 bits per heavy atom. The first kappa shape index (κ1) is 25.0. The van der Waals surface area contributed by atoms with Gasteiger partial charge in [0.1, 0.15) is 18.2 Å². The van der Waals surface area contributed by atoms with Gasteiger partial charge in [-0.25, -0.2) is 9.07 Å². The molecule has 2 heterocycles. The van der Waals surface area contributed by atoms with Crippen LogP contribution in [-0.4, -0.2) is 40.6 Å². The predicted octanol–water partition coefficient (Wildman–Crippen LogP) is 5.35. The largest absolute Gasteiger partial charge is 0.465 e. The first-order valence-corrected chi connectivity index (χ1v) is 12.7. The second kappa shape index (κ2) is 9.85. The Hall–Kier alpha value is -3.13. The zero-order valence-corrected chi connectivity index (χ0v) is 21.5. The van der Waals surface area contributed by atoms with Crippen molar-refractivity contribution in [3.8, 4) is 5.69 Å². The third kappa shape index (κ3) is 5.12. The Bertz CT molecular complexity index is 1250. The summed E-state index contributed by atoms with van der Waals surface area (Å²) in [6, 6.07) is 14.2. The number of carbonyl (C=O) groups is 2. The second-order valence-electron chi connectivity index (χ2n) is 9.61. The van der Waals surface area contributed by atoms with E-state index in [-0.39, 0.29) is 41.3 Å². The van der Waals surface area contributed by atoms with Crippen LogP contribution in [0.5, 0.6) is 0 Å². The van der Waals surface area contributed by atoms with E-state index in [1.807, 2.05) is 31.2 Å². The number of aromatic nitrogens is 2. The Kier molecular flexibility index (Phi) is 7.03. The van der Waals surface area contributed by atoms with Gasteiger partial charge in [-0.05, 0) is 49.2 Å². The number of aryl methyl sites for hydroxylation is 1. The minimum absolute atomic E-state index is 0.160. The highest BCUT2D eigenvalue weighted by molar-refractivity contribution is 8.00. The molecule has 0 N–H and O–H groups in total. The number of nitrogens with zero attached hydrogens (tertiary/aromatic N) is 3. The molecular formula is C27H30FN3O3S. The molecule has 1 atom stereocenters. The fourth-order valence-electron chi connectivity index (χ4n) is 4.25. The Morgan fingerprint density at radius 2 is 1.91 bits per heavy atom. The molecule has 0 aliphatic carbocycles. The van der Waals surface area contributed by atoms with E-state index < -0.39 is 5.97 Å². The van der Waals surface area contributed by atoms with Gasteiger partial charge in [0, 0.05) is 11.0 Å². The van der Waals surface area contributed by atoms with Crippen molar-refractivity contribution in [2.75, 3.05) is 23.8 Å². The van der Waals surface area contributed by atoms with Crippen LogP contribution in [0, 0.1) is 12.7 Å². The first-order chi connectivity index (χ1) is 16.6. The van der Waals surface area contributed by atoms with Gasteiger partial charge >= 0.3 is 5.97 Å². The summed E-state index contributed by atoms with van der Waals surface area (Å²) in [5, 5.41) is 4.76. The van der Waals surface area contributed by atoms with Crippen LogP contribution < -0.4 is 4.90 Å². The number of ether oxygens (including phenoxy) is 1. The molecule has 0 fully saturated rings. The number of anilines is 1. The van der Waals surface area contributed by atoms with E-state index in [4.69, 9.17) is 9.84 Å². The smallest absolute Gasteiger partial charge is 0.326 e. The zero-order valence-electron chi connectivity index (χ0n) is 20.7. The molecule has 0 bridgehead atoms. The minimum Gasteiger partial charge on any atom is -0.465 e. The normalized spacial score (nSPS) is 16.1. The highest BCUT2D eigenvalue weighted by atomic mass is 32.2. The van der Waals surface area contributed by atoms with Crippen molar-refractivity contribution in [1.82, 2.24) is 9.78 Å². The van der Waals surface area contributed by atoms with E-state index in [1.165, 1.54) is 28.8 Å². The van der Waals surface area contributed by atoms with Gasteiger partial charge in [-0.15, -0.1) is 11.8 Å². The lowest BCUT2D eigenvalue weighted by atomic mass is 9.87. The molecule has 6 nitrogen and oxygen atoms in total. The van der Waals surface area contributed by atoms with E-state index >= 15 is 0 Å². The summed E-state index contributed by atoms with van der Waals surface area (Å²) in [6.45, 7) is 9.97. The van der Waals surface area contributed by atoms with E-state index in [9.17, 15) is 14.0 Å². The lowest BCUT2D eigenvalue weighted by Crippen LogP contribution is -2.38. The molecular weight excluding hydrogens is 465 g/mol. The molecule has 0 saturated heterocycles. The highest BCUT2D eigenvalue weighted by Gasteiger charge is 2.40. The van der Waals surface area contributed by atoms with Crippen molar-refractivity contribution in [2.24, 2.45) is 0 Å². The number of amides is 1. The molecule has 1 amide bonds. The quantitative estimate of drug-likeness (QED) is 0.447. The van der Waals surface area contributed by atoms with Crippen LogP contribution in [0.2, 0.25) is 0 Å². The summed E-state index contributed by atoms with van der Waals surface area (Å²) in [6.07, 6.45) is 0. The monoisotopic (exact) mass is 495 g/mol. The van der Waals surface area contributed by atoms with E-state index in [2.05, 4.69) is 20.8 Å². The van der Waals surface area contributed by atoms with E-state index in [0.717, 1.165) is 28.1 Å². The Morgan fingerprint density at radius 3 is 2.54 bits per heavy atom. The molecule has 8 heteroatoms. The van der Waals surface area contributed by atoms with Crippen molar-refractivity contribution in [2.45, 2.75) is 45.3 Å². The molecule has 35 heavy (non-hydrogen) atoms. The molecule has 1 aromatic heterocycles. The number of rotatable bonds is 5. The SMILES string of the molecule is CCOC(=O)CN1C(=O)CSC(c2ccc(F)cc2)c2c(C(C)(C)C)nn(-c3cccc(C)c3)c21. The van der Waals surface area contributed by atoms with Gasteiger partial charge in [0.2, 0.25) is 5.91 Å². The van der Waals surface area contributed by atoms with Gasteiger partial charge in [0.05, 0.1) is 29.0 Å². The molecule has 1 unspecified atom stereocenters. The third-order valence-corrected chi connectivity index (χ3v) is 7.07. The summed E-state index contributed by atoms with van der Waals surface area (Å²) in [4.78, 5) is 27.5. The van der Waals surface area contributed by atoms with Crippen molar-refractivity contribution in [3.63, 3.8) is 0 Å². The van der Waals surface area contributed by atoms with Crippen LogP contribution in [0.15, 0.2) is 48.5 Å². The van der Waals surface area contributed by atoms with Crippen LogP contribution in [0.1, 0.15) is 55.3 Å². The molecule has 0 spiro atoms. The predicted molar refractivity (Wildman–Crippen MR) is 137 cm³/mol. The number of benzene rings is 2. The summed E-state index contributed by atoms with van der Waals surface area (Å²) >= 11 is 1.46. The topological polar surface area (TPSA) is 64.4 Å². The second-order valence-corrected chi connectivity index (χ2v) is 10.7. The van der Waals surface area contributed by atoms with Crippen LogP contribution >= 0.6 is 11.8 Å². The number of hydrogen-bond acceptors (Lipinski definition) is 5. The average molecular weight is 496 g/mol. The lowest BCUT2D eigenvalue weighted by Gasteiger charge is -2.24. The number of carbonyl (C=O) groups excluding carboxylic acids is 2. The van der Waals surface area contributed by atoms with Crippen molar-refractivity contribution in [3.05, 3.63) is 76.7 Å². The van der Waals surface area contributed by atoms with Crippen LogP contribution in [0.4, 0.5) is 10.2 Å².